The molecule has 7 heteroatoms. The lowest BCUT2D eigenvalue weighted by Crippen LogP contribution is -2.11. The molecule has 1 unspecified atom stereocenters. The number of rotatable bonds is 5. The molecule has 0 aliphatic carbocycles. The van der Waals surface area contributed by atoms with Crippen LogP contribution in [-0.4, -0.2) is 43.8 Å². The second kappa shape index (κ2) is 5.75. The van der Waals surface area contributed by atoms with Gasteiger partial charge in [-0.25, -0.2) is 14.8 Å². The maximum Gasteiger partial charge on any atom is 0.335 e. The normalized spacial score (nSPS) is 12.3. The average Bonchev–Trinajstić information content (AvgIpc) is 2.37. The maximum atomic E-state index is 11.0. The Kier molecular flexibility index (Phi) is 4.06. The monoisotopic (exact) mass is 279 g/mol. The van der Waals surface area contributed by atoms with E-state index in [0.29, 0.717) is 23.6 Å². The van der Waals surface area contributed by atoms with Gasteiger partial charge >= 0.3 is 5.97 Å². The lowest BCUT2D eigenvalue weighted by atomic mass is 10.1. The van der Waals surface area contributed by atoms with E-state index in [4.69, 9.17) is 5.11 Å². The van der Waals surface area contributed by atoms with Crippen molar-refractivity contribution < 1.29 is 14.1 Å². The van der Waals surface area contributed by atoms with Crippen LogP contribution in [0.5, 0.6) is 0 Å². The van der Waals surface area contributed by atoms with Crippen LogP contribution in [-0.2, 0) is 10.8 Å². The van der Waals surface area contributed by atoms with Gasteiger partial charge in [0.05, 0.1) is 11.1 Å². The third kappa shape index (κ3) is 3.25. The summed E-state index contributed by atoms with van der Waals surface area (Å²) in [6.07, 6.45) is 3.01. The number of aromatic nitrogens is 2. The standard InChI is InChI=1S/C12H13N3O3S/c1-19(18)5-4-13-11-9-3-2-8(12(16)17)6-10(9)14-7-15-11/h2-3,6-7H,4-5H2,1H3,(H,16,17)(H,13,14,15). The fraction of sp³-hybridized carbons (Fsp3) is 0.250. The van der Waals surface area contributed by atoms with E-state index < -0.39 is 16.8 Å². The zero-order chi connectivity index (χ0) is 13.8. The SMILES string of the molecule is CS(=O)CCNc1ncnc2cc(C(=O)O)ccc12. The second-order valence-electron chi connectivity index (χ2n) is 3.96. The summed E-state index contributed by atoms with van der Waals surface area (Å²) in [4.78, 5) is 19.0. The molecule has 2 aromatic rings. The van der Waals surface area contributed by atoms with Crippen LogP contribution in [0, 0.1) is 0 Å². The Balaban J connectivity index is 2.30. The first-order valence-corrected chi connectivity index (χ1v) is 7.32. The number of nitrogens with one attached hydrogen (secondary N) is 1. The molecule has 19 heavy (non-hydrogen) atoms. The van der Waals surface area contributed by atoms with Gasteiger partial charge in [0.2, 0.25) is 0 Å². The molecule has 1 atom stereocenters. The molecule has 6 nitrogen and oxygen atoms in total. The Morgan fingerprint density at radius 3 is 2.89 bits per heavy atom. The number of nitrogens with zero attached hydrogens (tertiary/aromatic N) is 2. The van der Waals surface area contributed by atoms with Crippen molar-refractivity contribution in [1.82, 2.24) is 9.97 Å². The Hall–Kier alpha value is -2.02. The van der Waals surface area contributed by atoms with E-state index in [2.05, 4.69) is 15.3 Å². The largest absolute Gasteiger partial charge is 0.478 e. The smallest absolute Gasteiger partial charge is 0.335 e. The summed E-state index contributed by atoms with van der Waals surface area (Å²) in [6, 6.07) is 4.68. The summed E-state index contributed by atoms with van der Waals surface area (Å²) in [7, 11) is -0.866. The lowest BCUT2D eigenvalue weighted by molar-refractivity contribution is 0.0697. The van der Waals surface area contributed by atoms with Crippen molar-refractivity contribution in [2.24, 2.45) is 0 Å². The quantitative estimate of drug-likeness (QED) is 0.852. The molecule has 0 saturated heterocycles. The Labute approximate surface area is 112 Å². The minimum atomic E-state index is -0.989. The molecular formula is C12H13N3O3S. The maximum absolute atomic E-state index is 11.0. The molecule has 0 fully saturated rings. The zero-order valence-electron chi connectivity index (χ0n) is 10.3. The van der Waals surface area contributed by atoms with Crippen LogP contribution < -0.4 is 5.32 Å². The van der Waals surface area contributed by atoms with Gasteiger partial charge in [-0.3, -0.25) is 4.21 Å². The van der Waals surface area contributed by atoms with Crippen LogP contribution in [0.25, 0.3) is 10.9 Å². The highest BCUT2D eigenvalue weighted by Gasteiger charge is 2.07. The van der Waals surface area contributed by atoms with Crippen molar-refractivity contribution in [2.75, 3.05) is 23.9 Å². The molecule has 0 aliphatic rings. The van der Waals surface area contributed by atoms with Crippen LogP contribution >= 0.6 is 0 Å². The van der Waals surface area contributed by atoms with Crippen LogP contribution in [0.4, 0.5) is 5.82 Å². The predicted octanol–water partition coefficient (Wildman–Crippen LogP) is 1.12. The molecule has 0 saturated carbocycles. The van der Waals surface area contributed by atoms with Gasteiger partial charge in [0.1, 0.15) is 12.1 Å². The summed E-state index contributed by atoms with van der Waals surface area (Å²) < 4.78 is 11.0. The minimum absolute atomic E-state index is 0.187. The summed E-state index contributed by atoms with van der Waals surface area (Å²) in [6.45, 7) is 0.538. The van der Waals surface area contributed by atoms with E-state index in [-0.39, 0.29) is 5.56 Å². The highest BCUT2D eigenvalue weighted by molar-refractivity contribution is 7.84. The van der Waals surface area contributed by atoms with Crippen molar-refractivity contribution in [3.63, 3.8) is 0 Å². The van der Waals surface area contributed by atoms with Crippen LogP contribution in [0.1, 0.15) is 10.4 Å². The number of benzene rings is 1. The third-order valence-electron chi connectivity index (χ3n) is 2.57. The Morgan fingerprint density at radius 1 is 1.42 bits per heavy atom. The molecule has 1 aromatic carbocycles. The molecule has 0 aliphatic heterocycles. The number of fused-ring (bicyclic) bond motifs is 1. The molecule has 1 heterocycles. The van der Waals surface area contributed by atoms with Gasteiger partial charge in [0, 0.05) is 34.7 Å². The summed E-state index contributed by atoms with van der Waals surface area (Å²) >= 11 is 0. The van der Waals surface area contributed by atoms with Gasteiger partial charge in [-0.2, -0.15) is 0 Å². The van der Waals surface area contributed by atoms with Gasteiger partial charge in [0.25, 0.3) is 0 Å². The first kappa shape index (κ1) is 13.4. The van der Waals surface area contributed by atoms with Gasteiger partial charge in [-0.05, 0) is 18.2 Å². The van der Waals surface area contributed by atoms with Crippen LogP contribution in [0.3, 0.4) is 0 Å². The third-order valence-corrected chi connectivity index (χ3v) is 3.34. The number of carbonyl (C=O) groups is 1. The highest BCUT2D eigenvalue weighted by Crippen LogP contribution is 2.20. The topological polar surface area (TPSA) is 92.2 Å². The van der Waals surface area contributed by atoms with Crippen molar-refractivity contribution in [3.8, 4) is 0 Å². The Bertz CT molecular complexity index is 645. The van der Waals surface area contributed by atoms with Crippen molar-refractivity contribution in [1.29, 1.82) is 0 Å². The Morgan fingerprint density at radius 2 is 2.21 bits per heavy atom. The molecule has 1 aromatic heterocycles. The molecule has 0 bridgehead atoms. The summed E-state index contributed by atoms with van der Waals surface area (Å²) in [5, 5.41) is 12.7. The molecule has 0 amide bonds. The molecular weight excluding hydrogens is 266 g/mol. The number of carboxylic acid groups (broad SMARTS) is 1. The van der Waals surface area contributed by atoms with Crippen molar-refractivity contribution >= 4 is 33.5 Å². The fourth-order valence-corrected chi connectivity index (χ4v) is 2.03. The van der Waals surface area contributed by atoms with Gasteiger partial charge in [0.15, 0.2) is 0 Å². The van der Waals surface area contributed by atoms with E-state index in [9.17, 15) is 9.00 Å². The van der Waals surface area contributed by atoms with E-state index in [1.54, 1.807) is 12.3 Å². The highest BCUT2D eigenvalue weighted by atomic mass is 32.2. The number of carboxylic acids is 1. The van der Waals surface area contributed by atoms with Crippen LogP contribution in [0.15, 0.2) is 24.5 Å². The number of anilines is 1. The number of hydrogen-bond donors (Lipinski definition) is 2. The predicted molar refractivity (Wildman–Crippen MR) is 73.9 cm³/mol. The van der Waals surface area contributed by atoms with Gasteiger partial charge in [-0.1, -0.05) is 0 Å². The van der Waals surface area contributed by atoms with Crippen molar-refractivity contribution in [3.05, 3.63) is 30.1 Å². The summed E-state index contributed by atoms with van der Waals surface area (Å²) in [5.74, 6) is 0.155. The first-order valence-electron chi connectivity index (χ1n) is 5.60. The molecule has 2 rings (SSSR count). The first-order chi connectivity index (χ1) is 9.08. The zero-order valence-corrected chi connectivity index (χ0v) is 11.1. The van der Waals surface area contributed by atoms with Crippen LogP contribution in [0.2, 0.25) is 0 Å². The molecule has 0 radical (unpaired) electrons. The minimum Gasteiger partial charge on any atom is -0.478 e. The summed E-state index contributed by atoms with van der Waals surface area (Å²) in [5.41, 5.74) is 0.752. The number of aromatic carboxylic acids is 1. The second-order valence-corrected chi connectivity index (χ2v) is 5.52. The fourth-order valence-electron chi connectivity index (χ4n) is 1.64. The number of hydrogen-bond acceptors (Lipinski definition) is 5. The molecule has 100 valence electrons. The molecule has 0 spiro atoms. The van der Waals surface area contributed by atoms with Gasteiger partial charge < -0.3 is 10.4 Å². The van der Waals surface area contributed by atoms with Crippen molar-refractivity contribution in [2.45, 2.75) is 0 Å². The lowest BCUT2D eigenvalue weighted by Gasteiger charge is -2.07. The van der Waals surface area contributed by atoms with E-state index >= 15 is 0 Å². The van der Waals surface area contributed by atoms with E-state index in [1.165, 1.54) is 18.5 Å². The van der Waals surface area contributed by atoms with Gasteiger partial charge in [-0.15, -0.1) is 0 Å². The molecule has 2 N–H and O–H groups in total. The van der Waals surface area contributed by atoms with E-state index in [1.807, 2.05) is 0 Å². The van der Waals surface area contributed by atoms with E-state index in [0.717, 1.165) is 5.39 Å². The average molecular weight is 279 g/mol.